The first kappa shape index (κ1) is 10.4. The molecular weight excluding hydrogens is 208 g/mol. The van der Waals surface area contributed by atoms with Gasteiger partial charge in [-0.2, -0.15) is 9.36 Å². The molecule has 74 valence electrons. The minimum absolute atomic E-state index is 0.298. The smallest absolute Gasteiger partial charge is 0.233 e. The summed E-state index contributed by atoms with van der Waals surface area (Å²) in [7, 11) is -0.716. The summed E-state index contributed by atoms with van der Waals surface area (Å²) >= 11 is 1.24. The monoisotopic (exact) mass is 220 g/mol. The maximum atomic E-state index is 10.7. The highest BCUT2D eigenvalue weighted by Crippen LogP contribution is 2.11. The van der Waals surface area contributed by atoms with Crippen LogP contribution >= 0.6 is 11.5 Å². The molecule has 1 aromatic heterocycles. The van der Waals surface area contributed by atoms with Crippen molar-refractivity contribution < 1.29 is 4.21 Å². The van der Waals surface area contributed by atoms with Crippen LogP contribution < -0.4 is 11.1 Å². The Hall–Kier alpha value is -0.690. The zero-order chi connectivity index (χ0) is 9.68. The van der Waals surface area contributed by atoms with Crippen molar-refractivity contribution in [2.45, 2.75) is 6.42 Å². The maximum Gasteiger partial charge on any atom is 0.233 e. The van der Waals surface area contributed by atoms with Crippen LogP contribution in [0.25, 0.3) is 0 Å². The van der Waals surface area contributed by atoms with Crippen LogP contribution in [0.2, 0.25) is 0 Å². The Morgan fingerprint density at radius 1 is 1.69 bits per heavy atom. The summed E-state index contributed by atoms with van der Waals surface area (Å²) in [6.45, 7) is 0.758. The SMILES string of the molecule is CS(=O)CCCNc1nc(N)ns1. The summed E-state index contributed by atoms with van der Waals surface area (Å²) in [6, 6.07) is 0. The second-order valence-corrected chi connectivity index (χ2v) is 4.82. The molecular formula is C6H12N4OS2. The van der Waals surface area contributed by atoms with Crippen molar-refractivity contribution in [2.75, 3.05) is 29.6 Å². The predicted molar refractivity (Wildman–Crippen MR) is 56.4 cm³/mol. The minimum atomic E-state index is -0.716. The lowest BCUT2D eigenvalue weighted by atomic mass is 10.5. The largest absolute Gasteiger partial charge is 0.367 e. The molecule has 0 aromatic carbocycles. The highest BCUT2D eigenvalue weighted by Gasteiger charge is 1.98. The number of nitrogen functional groups attached to an aromatic ring is 1. The van der Waals surface area contributed by atoms with Crippen molar-refractivity contribution in [3.05, 3.63) is 0 Å². The van der Waals surface area contributed by atoms with Crippen LogP contribution in [0.5, 0.6) is 0 Å². The van der Waals surface area contributed by atoms with Gasteiger partial charge < -0.3 is 11.1 Å². The van der Waals surface area contributed by atoms with Crippen LogP contribution in [0.3, 0.4) is 0 Å². The van der Waals surface area contributed by atoms with Crippen molar-refractivity contribution in [1.29, 1.82) is 0 Å². The molecule has 0 fully saturated rings. The van der Waals surface area contributed by atoms with Gasteiger partial charge in [0.2, 0.25) is 11.1 Å². The summed E-state index contributed by atoms with van der Waals surface area (Å²) in [5.41, 5.74) is 5.33. The minimum Gasteiger partial charge on any atom is -0.367 e. The standard InChI is InChI=1S/C6H12N4OS2/c1-13(11)4-2-3-8-6-9-5(7)10-12-6/h2-4H2,1H3,(H3,7,8,9,10). The zero-order valence-corrected chi connectivity index (χ0v) is 8.95. The number of aromatic nitrogens is 2. The molecule has 1 unspecified atom stereocenters. The number of anilines is 2. The van der Waals surface area contributed by atoms with Gasteiger partial charge in [-0.25, -0.2) is 0 Å². The van der Waals surface area contributed by atoms with E-state index in [4.69, 9.17) is 5.73 Å². The first-order valence-corrected chi connectivity index (χ1v) is 6.31. The third-order valence-corrected chi connectivity index (χ3v) is 2.88. The highest BCUT2D eigenvalue weighted by atomic mass is 32.2. The molecule has 13 heavy (non-hydrogen) atoms. The normalized spacial score (nSPS) is 12.7. The number of hydrogen-bond donors (Lipinski definition) is 2. The topological polar surface area (TPSA) is 80.9 Å². The van der Waals surface area contributed by atoms with E-state index in [2.05, 4.69) is 14.7 Å². The Bertz CT molecular complexity index is 288. The highest BCUT2D eigenvalue weighted by molar-refractivity contribution is 7.84. The van der Waals surface area contributed by atoms with Crippen molar-refractivity contribution in [3.63, 3.8) is 0 Å². The Kier molecular flexibility index (Phi) is 4.10. The van der Waals surface area contributed by atoms with Crippen molar-refractivity contribution in [2.24, 2.45) is 0 Å². The molecule has 0 spiro atoms. The Labute approximate surface area is 83.4 Å². The molecule has 1 atom stereocenters. The Morgan fingerprint density at radius 3 is 3.00 bits per heavy atom. The van der Waals surface area contributed by atoms with E-state index in [0.29, 0.717) is 11.7 Å². The number of nitrogens with one attached hydrogen (secondary N) is 1. The molecule has 0 saturated carbocycles. The van der Waals surface area contributed by atoms with E-state index in [1.807, 2.05) is 0 Å². The second-order valence-electron chi connectivity index (χ2n) is 2.52. The summed E-state index contributed by atoms with van der Waals surface area (Å²) < 4.78 is 14.5. The van der Waals surface area contributed by atoms with E-state index in [9.17, 15) is 4.21 Å². The van der Waals surface area contributed by atoms with Crippen molar-refractivity contribution >= 4 is 33.4 Å². The van der Waals surface area contributed by atoms with Crippen LogP contribution in [0, 0.1) is 0 Å². The number of hydrogen-bond acceptors (Lipinski definition) is 6. The average molecular weight is 220 g/mol. The lowest BCUT2D eigenvalue weighted by Gasteiger charge is -1.99. The third-order valence-electron chi connectivity index (χ3n) is 1.33. The van der Waals surface area contributed by atoms with Crippen LogP contribution in [-0.2, 0) is 10.8 Å². The lowest BCUT2D eigenvalue weighted by molar-refractivity contribution is 0.685. The van der Waals surface area contributed by atoms with Gasteiger partial charge in [-0.05, 0) is 6.42 Å². The summed E-state index contributed by atoms with van der Waals surface area (Å²) in [5, 5.41) is 3.77. The van der Waals surface area contributed by atoms with Crippen molar-refractivity contribution in [3.8, 4) is 0 Å². The first-order chi connectivity index (χ1) is 6.18. The second kappa shape index (κ2) is 5.13. The van der Waals surface area contributed by atoms with Gasteiger partial charge in [0.15, 0.2) is 0 Å². The van der Waals surface area contributed by atoms with Crippen LogP contribution in [0.4, 0.5) is 11.1 Å². The zero-order valence-electron chi connectivity index (χ0n) is 7.32. The summed E-state index contributed by atoms with van der Waals surface area (Å²) in [4.78, 5) is 3.93. The molecule has 5 nitrogen and oxygen atoms in total. The van der Waals surface area contributed by atoms with Gasteiger partial charge in [0, 0.05) is 40.9 Å². The van der Waals surface area contributed by atoms with Gasteiger partial charge >= 0.3 is 0 Å². The van der Waals surface area contributed by atoms with Gasteiger partial charge in [0.25, 0.3) is 0 Å². The van der Waals surface area contributed by atoms with Gasteiger partial charge in [0.1, 0.15) is 0 Å². The van der Waals surface area contributed by atoms with Gasteiger partial charge in [-0.1, -0.05) is 0 Å². The number of nitrogens with zero attached hydrogens (tertiary/aromatic N) is 2. The molecule has 0 aliphatic carbocycles. The van der Waals surface area contributed by atoms with Crippen LogP contribution in [0.1, 0.15) is 6.42 Å². The van der Waals surface area contributed by atoms with Gasteiger partial charge in [0.05, 0.1) is 0 Å². The Balaban J connectivity index is 2.16. The molecule has 1 heterocycles. The maximum absolute atomic E-state index is 10.7. The molecule has 0 saturated heterocycles. The molecule has 1 rings (SSSR count). The molecule has 7 heteroatoms. The molecule has 0 bridgehead atoms. The van der Waals surface area contributed by atoms with E-state index in [1.54, 1.807) is 6.26 Å². The van der Waals surface area contributed by atoms with E-state index in [1.165, 1.54) is 11.5 Å². The molecule has 0 aliphatic heterocycles. The van der Waals surface area contributed by atoms with Crippen molar-refractivity contribution in [1.82, 2.24) is 9.36 Å². The molecule has 0 amide bonds. The molecule has 3 N–H and O–H groups in total. The fourth-order valence-electron chi connectivity index (χ4n) is 0.777. The Morgan fingerprint density at radius 2 is 2.46 bits per heavy atom. The van der Waals surface area contributed by atoms with E-state index in [-0.39, 0.29) is 0 Å². The fourth-order valence-corrected chi connectivity index (χ4v) is 1.85. The third kappa shape index (κ3) is 4.18. The molecule has 1 aromatic rings. The molecule has 0 aliphatic rings. The van der Waals surface area contributed by atoms with Gasteiger partial charge in [-0.3, -0.25) is 4.21 Å². The fraction of sp³-hybridized carbons (Fsp3) is 0.667. The number of rotatable bonds is 5. The van der Waals surface area contributed by atoms with Crippen LogP contribution in [-0.4, -0.2) is 32.1 Å². The van der Waals surface area contributed by atoms with E-state index >= 15 is 0 Å². The van der Waals surface area contributed by atoms with E-state index < -0.39 is 10.8 Å². The number of nitrogens with two attached hydrogens (primary N) is 1. The van der Waals surface area contributed by atoms with Crippen LogP contribution in [0.15, 0.2) is 0 Å². The predicted octanol–water partition coefficient (Wildman–Crippen LogP) is 0.301. The summed E-state index contributed by atoms with van der Waals surface area (Å²) in [5.74, 6) is 1.01. The van der Waals surface area contributed by atoms with Gasteiger partial charge in [-0.15, -0.1) is 0 Å². The average Bonchev–Trinajstić information content (AvgIpc) is 2.45. The quantitative estimate of drug-likeness (QED) is 0.698. The first-order valence-electron chi connectivity index (χ1n) is 3.81. The molecule has 0 radical (unpaired) electrons. The summed E-state index contributed by atoms with van der Waals surface area (Å²) in [6.07, 6.45) is 2.56. The van der Waals surface area contributed by atoms with E-state index in [0.717, 1.165) is 18.1 Å². The lowest BCUT2D eigenvalue weighted by Crippen LogP contribution is -2.05.